The zero-order valence-electron chi connectivity index (χ0n) is 19.3. The van der Waals surface area contributed by atoms with E-state index in [4.69, 9.17) is 0 Å². The number of nitrogens with zero attached hydrogens (tertiary/aromatic N) is 3. The number of piperidine rings is 1. The Kier molecular flexibility index (Phi) is 7.46. The van der Waals surface area contributed by atoms with E-state index in [0.717, 1.165) is 58.2 Å². The minimum atomic E-state index is -0.803. The molecule has 0 radical (unpaired) electrons. The highest BCUT2D eigenvalue weighted by atomic mass is 16.3. The highest BCUT2D eigenvalue weighted by molar-refractivity contribution is 6.00. The Bertz CT molecular complexity index is 773. The van der Waals surface area contributed by atoms with Gasteiger partial charge in [-0.05, 0) is 55.7 Å². The van der Waals surface area contributed by atoms with Crippen molar-refractivity contribution in [3.8, 4) is 0 Å². The van der Waals surface area contributed by atoms with Gasteiger partial charge in [0.25, 0.3) is 0 Å². The summed E-state index contributed by atoms with van der Waals surface area (Å²) in [7, 11) is 0. The van der Waals surface area contributed by atoms with Gasteiger partial charge in [-0.2, -0.15) is 0 Å². The molecule has 176 valence electrons. The van der Waals surface area contributed by atoms with Crippen LogP contribution < -0.4 is 5.32 Å². The van der Waals surface area contributed by atoms with Crippen molar-refractivity contribution in [3.63, 3.8) is 0 Å². The number of carbonyl (C=O) groups excluding carboxylic acids is 2. The van der Waals surface area contributed by atoms with E-state index >= 15 is 0 Å². The Hall–Kier alpha value is -1.99. The van der Waals surface area contributed by atoms with E-state index in [-0.39, 0.29) is 17.7 Å². The van der Waals surface area contributed by atoms with Crippen LogP contribution in [0.1, 0.15) is 70.3 Å². The molecular formula is C25H38N4O3. The van der Waals surface area contributed by atoms with Crippen molar-refractivity contribution in [2.45, 2.75) is 88.9 Å². The third-order valence-corrected chi connectivity index (χ3v) is 7.81. The normalized spacial score (nSPS) is 25.7. The van der Waals surface area contributed by atoms with Crippen LogP contribution in [0.15, 0.2) is 24.5 Å². The van der Waals surface area contributed by atoms with Gasteiger partial charge in [0.1, 0.15) is 11.6 Å². The Morgan fingerprint density at radius 1 is 1.16 bits per heavy atom. The first kappa shape index (κ1) is 23.2. The number of hydrogen-bond acceptors (Lipinski definition) is 5. The number of likely N-dealkylation sites (tertiary alicyclic amines) is 1. The van der Waals surface area contributed by atoms with Crippen LogP contribution in [0.3, 0.4) is 0 Å². The largest absolute Gasteiger partial charge is 0.390 e. The molecule has 2 aliphatic heterocycles. The molecule has 2 atom stereocenters. The van der Waals surface area contributed by atoms with Gasteiger partial charge >= 0.3 is 0 Å². The fraction of sp³-hybridized carbons (Fsp3) is 0.720. The van der Waals surface area contributed by atoms with Gasteiger partial charge < -0.3 is 15.3 Å². The number of piperazine rings is 1. The molecule has 3 heterocycles. The molecule has 2 saturated heterocycles. The molecule has 1 aromatic heterocycles. The van der Waals surface area contributed by atoms with E-state index in [1.807, 2.05) is 17.0 Å². The second-order valence-electron chi connectivity index (χ2n) is 9.85. The molecule has 1 aromatic rings. The number of aliphatic hydroxyl groups excluding tert-OH is 1. The van der Waals surface area contributed by atoms with Crippen molar-refractivity contribution < 1.29 is 14.7 Å². The predicted molar refractivity (Wildman–Crippen MR) is 123 cm³/mol. The summed E-state index contributed by atoms with van der Waals surface area (Å²) in [5.74, 6) is -0.0578. The Labute approximate surface area is 191 Å². The monoisotopic (exact) mass is 442 g/mol. The molecule has 32 heavy (non-hydrogen) atoms. The number of carbonyl (C=O) groups is 2. The van der Waals surface area contributed by atoms with Gasteiger partial charge in [0, 0.05) is 38.6 Å². The number of unbranched alkanes of at least 4 members (excludes halogenated alkanes) is 1. The fourth-order valence-corrected chi connectivity index (χ4v) is 5.78. The molecule has 3 fully saturated rings. The molecule has 2 N–H and O–H groups in total. The van der Waals surface area contributed by atoms with Gasteiger partial charge in [0.15, 0.2) is 0 Å². The Morgan fingerprint density at radius 3 is 2.50 bits per heavy atom. The molecule has 3 aliphatic rings. The molecule has 2 amide bonds. The van der Waals surface area contributed by atoms with Crippen LogP contribution in [0.4, 0.5) is 0 Å². The van der Waals surface area contributed by atoms with Crippen LogP contribution in [0.5, 0.6) is 0 Å². The van der Waals surface area contributed by atoms with Crippen LogP contribution in [-0.4, -0.2) is 69.0 Å². The number of aromatic nitrogens is 1. The van der Waals surface area contributed by atoms with Crippen molar-refractivity contribution in [2.24, 2.45) is 5.92 Å². The summed E-state index contributed by atoms with van der Waals surface area (Å²) >= 11 is 0. The van der Waals surface area contributed by atoms with Crippen LogP contribution >= 0.6 is 0 Å². The van der Waals surface area contributed by atoms with Crippen LogP contribution in [0, 0.1) is 5.92 Å². The molecule has 1 saturated carbocycles. The smallest absolute Gasteiger partial charge is 0.248 e. The SMILES string of the molecule is CCCCN1C(=O)[C@@H]([C@H](O)C2CCCCC2)NC(=O)C12CCN(Cc1ccncc1)CC2. The molecule has 0 unspecified atom stereocenters. The van der Waals surface area contributed by atoms with E-state index in [0.29, 0.717) is 19.4 Å². The van der Waals surface area contributed by atoms with E-state index in [1.54, 1.807) is 12.4 Å². The second kappa shape index (κ2) is 10.3. The lowest BCUT2D eigenvalue weighted by Gasteiger charge is -2.52. The first-order chi connectivity index (χ1) is 15.5. The summed E-state index contributed by atoms with van der Waals surface area (Å²) in [5, 5.41) is 14.0. The van der Waals surface area contributed by atoms with Crippen LogP contribution in [0.25, 0.3) is 0 Å². The fourth-order valence-electron chi connectivity index (χ4n) is 5.78. The standard InChI is InChI=1S/C25H38N4O3/c1-2-3-15-29-23(31)21(22(30)20-7-5-4-6-8-20)27-24(32)25(29)11-16-28(17-12-25)18-19-9-13-26-14-10-19/h9-10,13-14,20-22,30H,2-8,11-12,15-18H2,1H3,(H,27,32)/t21-,22-/m1/s1. The summed E-state index contributed by atoms with van der Waals surface area (Å²) in [6, 6.07) is 3.24. The minimum Gasteiger partial charge on any atom is -0.390 e. The van der Waals surface area contributed by atoms with Gasteiger partial charge in [0.05, 0.1) is 6.10 Å². The van der Waals surface area contributed by atoms with Crippen molar-refractivity contribution in [1.29, 1.82) is 0 Å². The molecular weight excluding hydrogens is 404 g/mol. The number of aliphatic hydroxyl groups is 1. The summed E-state index contributed by atoms with van der Waals surface area (Å²) in [5.41, 5.74) is 0.419. The van der Waals surface area contributed by atoms with Gasteiger partial charge in [-0.15, -0.1) is 0 Å². The van der Waals surface area contributed by atoms with Crippen molar-refractivity contribution >= 4 is 11.8 Å². The molecule has 7 nitrogen and oxygen atoms in total. The predicted octanol–water partition coefficient (Wildman–Crippen LogP) is 2.48. The molecule has 4 rings (SSSR count). The average Bonchev–Trinajstić information content (AvgIpc) is 2.83. The van der Waals surface area contributed by atoms with E-state index in [1.165, 1.54) is 12.0 Å². The van der Waals surface area contributed by atoms with Gasteiger partial charge in [0.2, 0.25) is 11.8 Å². The Morgan fingerprint density at radius 2 is 1.84 bits per heavy atom. The minimum absolute atomic E-state index is 0.0726. The lowest BCUT2D eigenvalue weighted by Crippen LogP contribution is -2.75. The molecule has 1 aliphatic carbocycles. The summed E-state index contributed by atoms with van der Waals surface area (Å²) in [6.45, 7) is 5.04. The number of amides is 2. The average molecular weight is 443 g/mol. The molecule has 0 aromatic carbocycles. The topological polar surface area (TPSA) is 85.8 Å². The van der Waals surface area contributed by atoms with Crippen molar-refractivity contribution in [2.75, 3.05) is 19.6 Å². The van der Waals surface area contributed by atoms with Gasteiger partial charge in [-0.25, -0.2) is 0 Å². The third kappa shape index (κ3) is 4.69. The summed E-state index contributed by atoms with van der Waals surface area (Å²) < 4.78 is 0. The lowest BCUT2D eigenvalue weighted by molar-refractivity contribution is -0.166. The quantitative estimate of drug-likeness (QED) is 0.678. The third-order valence-electron chi connectivity index (χ3n) is 7.81. The van der Waals surface area contributed by atoms with E-state index < -0.39 is 17.7 Å². The number of rotatable bonds is 7. The number of nitrogens with one attached hydrogen (secondary N) is 1. The highest BCUT2D eigenvalue weighted by Crippen LogP contribution is 2.36. The highest BCUT2D eigenvalue weighted by Gasteiger charge is 2.55. The van der Waals surface area contributed by atoms with Crippen molar-refractivity contribution in [1.82, 2.24) is 20.1 Å². The zero-order valence-corrected chi connectivity index (χ0v) is 19.3. The molecule has 1 spiro atoms. The zero-order chi connectivity index (χ0) is 22.6. The summed E-state index contributed by atoms with van der Waals surface area (Å²) in [4.78, 5) is 35.4. The van der Waals surface area contributed by atoms with Crippen LogP contribution in [0.2, 0.25) is 0 Å². The lowest BCUT2D eigenvalue weighted by atomic mass is 9.78. The number of pyridine rings is 1. The second-order valence-corrected chi connectivity index (χ2v) is 9.85. The summed E-state index contributed by atoms with van der Waals surface area (Å²) in [6.07, 6.45) is 11.2. The molecule has 7 heteroatoms. The van der Waals surface area contributed by atoms with Gasteiger partial charge in [-0.3, -0.25) is 19.5 Å². The number of hydrogen-bond donors (Lipinski definition) is 2. The van der Waals surface area contributed by atoms with E-state index in [2.05, 4.69) is 22.1 Å². The molecule has 0 bridgehead atoms. The Balaban J connectivity index is 1.48. The maximum atomic E-state index is 13.6. The van der Waals surface area contributed by atoms with Crippen LogP contribution in [-0.2, 0) is 16.1 Å². The maximum absolute atomic E-state index is 13.6. The first-order valence-corrected chi connectivity index (χ1v) is 12.5. The van der Waals surface area contributed by atoms with Gasteiger partial charge in [-0.1, -0.05) is 32.6 Å². The van der Waals surface area contributed by atoms with E-state index in [9.17, 15) is 14.7 Å². The maximum Gasteiger partial charge on any atom is 0.248 e. The first-order valence-electron chi connectivity index (χ1n) is 12.5. The van der Waals surface area contributed by atoms with Crippen molar-refractivity contribution in [3.05, 3.63) is 30.1 Å².